The molecule has 2 aliphatic rings. The Bertz CT molecular complexity index is 1200. The summed E-state index contributed by atoms with van der Waals surface area (Å²) in [6.45, 7) is 0.991. The second-order valence-corrected chi connectivity index (χ2v) is 9.73. The van der Waals surface area contributed by atoms with Crippen molar-refractivity contribution in [1.29, 1.82) is 0 Å². The minimum Gasteiger partial charge on any atom is -0.493 e. The molecule has 0 N–H and O–H groups in total. The first-order valence-corrected chi connectivity index (χ1v) is 12.5. The fourth-order valence-corrected chi connectivity index (χ4v) is 5.91. The Balaban J connectivity index is 1.43. The number of hydrogen-bond acceptors (Lipinski definition) is 5. The number of allylic oxidation sites excluding steroid dienone is 1. The lowest BCUT2D eigenvalue weighted by Crippen LogP contribution is -2.43. The van der Waals surface area contributed by atoms with Crippen molar-refractivity contribution in [2.24, 2.45) is 0 Å². The summed E-state index contributed by atoms with van der Waals surface area (Å²) in [5.41, 5.74) is 3.05. The van der Waals surface area contributed by atoms with Crippen LogP contribution >= 0.6 is 0 Å². The van der Waals surface area contributed by atoms with Crippen LogP contribution in [-0.2, 0) is 14.9 Å². The number of benzene rings is 3. The molecule has 186 valence electrons. The first-order chi connectivity index (χ1) is 17.6. The fourth-order valence-electron chi connectivity index (χ4n) is 5.91. The van der Waals surface area contributed by atoms with E-state index in [9.17, 15) is 4.79 Å². The van der Waals surface area contributed by atoms with E-state index in [1.54, 1.807) is 14.2 Å². The predicted octanol–water partition coefficient (Wildman–Crippen LogP) is 5.70. The summed E-state index contributed by atoms with van der Waals surface area (Å²) in [5, 5.41) is 0. The molecule has 5 nitrogen and oxygen atoms in total. The highest BCUT2D eigenvalue weighted by Gasteiger charge is 2.49. The molecular formula is C31H33NO4. The van der Waals surface area contributed by atoms with Gasteiger partial charge in [0.1, 0.15) is 11.7 Å². The molecule has 3 aromatic carbocycles. The SMILES string of the molecule is COc1ccc([C@@]23CC=C(OC(=O)C(c4ccccc4)c4ccccc4)C[C@@H]2N(C)CC3)cc1OC. The molecular weight excluding hydrogens is 450 g/mol. The minimum absolute atomic E-state index is 0.0531. The third-order valence-electron chi connectivity index (χ3n) is 7.86. The first-order valence-electron chi connectivity index (χ1n) is 12.5. The molecule has 0 amide bonds. The maximum absolute atomic E-state index is 13.6. The number of methoxy groups -OCH3 is 2. The highest BCUT2D eigenvalue weighted by Crippen LogP contribution is 2.49. The molecule has 0 unspecified atom stereocenters. The van der Waals surface area contributed by atoms with Crippen molar-refractivity contribution in [3.8, 4) is 11.5 Å². The van der Waals surface area contributed by atoms with E-state index < -0.39 is 5.92 Å². The second-order valence-electron chi connectivity index (χ2n) is 9.73. The van der Waals surface area contributed by atoms with Gasteiger partial charge in [-0.05, 0) is 61.3 Å². The number of esters is 1. The van der Waals surface area contributed by atoms with E-state index >= 15 is 0 Å². The number of likely N-dealkylation sites (N-methyl/N-ethyl adjacent to an activating group) is 1. The molecule has 5 rings (SSSR count). The van der Waals surface area contributed by atoms with Crippen LogP contribution in [0.5, 0.6) is 11.5 Å². The molecule has 0 saturated carbocycles. The molecule has 1 saturated heterocycles. The van der Waals surface area contributed by atoms with Gasteiger partial charge in [0, 0.05) is 17.9 Å². The summed E-state index contributed by atoms with van der Waals surface area (Å²) < 4.78 is 17.2. The lowest BCUT2D eigenvalue weighted by atomic mass is 9.68. The Morgan fingerprint density at radius 1 is 0.917 bits per heavy atom. The molecule has 0 bridgehead atoms. The van der Waals surface area contributed by atoms with Gasteiger partial charge >= 0.3 is 5.97 Å². The molecule has 0 spiro atoms. The summed E-state index contributed by atoms with van der Waals surface area (Å²) in [4.78, 5) is 16.0. The van der Waals surface area contributed by atoms with Crippen LogP contribution in [0.25, 0.3) is 0 Å². The smallest absolute Gasteiger partial charge is 0.322 e. The lowest BCUT2D eigenvalue weighted by molar-refractivity contribution is -0.140. The van der Waals surface area contributed by atoms with Gasteiger partial charge in [0.25, 0.3) is 0 Å². The molecule has 1 heterocycles. The monoisotopic (exact) mass is 483 g/mol. The van der Waals surface area contributed by atoms with Crippen molar-refractivity contribution in [1.82, 2.24) is 4.90 Å². The van der Waals surface area contributed by atoms with E-state index in [-0.39, 0.29) is 17.4 Å². The van der Waals surface area contributed by atoms with Crippen LogP contribution < -0.4 is 9.47 Å². The zero-order chi connectivity index (χ0) is 25.1. The van der Waals surface area contributed by atoms with E-state index in [0.717, 1.165) is 47.8 Å². The Labute approximate surface area is 213 Å². The Kier molecular flexibility index (Phi) is 6.84. The number of likely N-dealkylation sites (tertiary alicyclic amines) is 1. The van der Waals surface area contributed by atoms with Gasteiger partial charge in [0.05, 0.1) is 14.2 Å². The van der Waals surface area contributed by atoms with Crippen molar-refractivity contribution in [2.45, 2.75) is 36.6 Å². The highest BCUT2D eigenvalue weighted by molar-refractivity contribution is 5.83. The summed E-state index contributed by atoms with van der Waals surface area (Å²) >= 11 is 0. The van der Waals surface area contributed by atoms with Gasteiger partial charge in [0.15, 0.2) is 11.5 Å². The maximum atomic E-state index is 13.6. The van der Waals surface area contributed by atoms with Crippen molar-refractivity contribution < 1.29 is 19.0 Å². The second kappa shape index (κ2) is 10.2. The van der Waals surface area contributed by atoms with Gasteiger partial charge in [-0.3, -0.25) is 4.79 Å². The quantitative estimate of drug-likeness (QED) is 0.404. The average molecular weight is 484 g/mol. The summed E-state index contributed by atoms with van der Waals surface area (Å²) in [7, 11) is 5.49. The van der Waals surface area contributed by atoms with Crippen LogP contribution in [0.15, 0.2) is 90.7 Å². The third-order valence-corrected chi connectivity index (χ3v) is 7.86. The van der Waals surface area contributed by atoms with Gasteiger partial charge in [-0.2, -0.15) is 0 Å². The van der Waals surface area contributed by atoms with Crippen molar-refractivity contribution in [3.63, 3.8) is 0 Å². The number of nitrogens with zero attached hydrogens (tertiary/aromatic N) is 1. The van der Waals surface area contributed by atoms with E-state index in [0.29, 0.717) is 6.42 Å². The number of carbonyl (C=O) groups is 1. The lowest BCUT2D eigenvalue weighted by Gasteiger charge is -2.41. The first kappa shape index (κ1) is 24.1. The van der Waals surface area contributed by atoms with Crippen molar-refractivity contribution in [2.75, 3.05) is 27.8 Å². The van der Waals surface area contributed by atoms with Gasteiger partial charge in [-0.15, -0.1) is 0 Å². The van der Waals surface area contributed by atoms with E-state index in [4.69, 9.17) is 14.2 Å². The standard InChI is InChI=1S/C31H33NO4/c1-32-19-18-31(24-14-15-26(34-2)27(20-24)35-3)17-16-25(21-28(31)32)36-30(33)29(22-10-6-4-7-11-22)23-12-8-5-9-13-23/h4-16,20,28-29H,17-19,21H2,1-3H3/t28-,31-/m0/s1. The normalized spacial score (nSPS) is 21.6. The van der Waals surface area contributed by atoms with Gasteiger partial charge in [-0.1, -0.05) is 66.7 Å². The predicted molar refractivity (Wildman–Crippen MR) is 140 cm³/mol. The van der Waals surface area contributed by atoms with E-state index in [2.05, 4.69) is 30.2 Å². The number of ether oxygens (including phenoxy) is 3. The zero-order valence-corrected chi connectivity index (χ0v) is 21.1. The summed E-state index contributed by atoms with van der Waals surface area (Å²) in [6.07, 6.45) is 4.66. The van der Waals surface area contributed by atoms with Crippen molar-refractivity contribution in [3.05, 3.63) is 107 Å². The maximum Gasteiger partial charge on any atom is 0.322 e. The molecule has 3 aromatic rings. The van der Waals surface area contributed by atoms with Crippen LogP contribution in [0.3, 0.4) is 0 Å². The zero-order valence-electron chi connectivity index (χ0n) is 21.1. The van der Waals surface area contributed by atoms with Gasteiger partial charge in [-0.25, -0.2) is 0 Å². The number of hydrogen-bond donors (Lipinski definition) is 0. The van der Waals surface area contributed by atoms with Crippen molar-refractivity contribution >= 4 is 5.97 Å². The van der Waals surface area contributed by atoms with Gasteiger partial charge < -0.3 is 19.1 Å². The Hall–Kier alpha value is -3.57. The van der Waals surface area contributed by atoms with Crippen LogP contribution in [-0.4, -0.2) is 44.7 Å². The Morgan fingerprint density at radius 2 is 1.56 bits per heavy atom. The minimum atomic E-state index is -0.466. The number of carbonyl (C=O) groups excluding carboxylic acids is 1. The molecule has 1 aliphatic heterocycles. The molecule has 36 heavy (non-hydrogen) atoms. The third kappa shape index (κ3) is 4.40. The molecule has 0 aromatic heterocycles. The van der Waals surface area contributed by atoms with Crippen LogP contribution in [0.1, 0.15) is 41.9 Å². The fraction of sp³-hybridized carbons (Fsp3) is 0.323. The summed E-state index contributed by atoms with van der Waals surface area (Å²) in [6, 6.07) is 26.2. The largest absolute Gasteiger partial charge is 0.493 e. The molecule has 1 aliphatic carbocycles. The summed E-state index contributed by atoms with van der Waals surface area (Å²) in [5.74, 6) is 1.53. The Morgan fingerprint density at radius 3 is 2.17 bits per heavy atom. The van der Waals surface area contributed by atoms with Crippen LogP contribution in [0.2, 0.25) is 0 Å². The van der Waals surface area contributed by atoms with E-state index in [1.165, 1.54) is 5.56 Å². The molecule has 0 radical (unpaired) electrons. The average Bonchev–Trinajstić information content (AvgIpc) is 3.26. The molecule has 2 atom stereocenters. The van der Waals surface area contributed by atoms with Crippen LogP contribution in [0.4, 0.5) is 0 Å². The molecule has 5 heteroatoms. The van der Waals surface area contributed by atoms with Crippen LogP contribution in [0, 0.1) is 0 Å². The van der Waals surface area contributed by atoms with E-state index in [1.807, 2.05) is 66.7 Å². The molecule has 1 fully saturated rings. The number of rotatable bonds is 7. The topological polar surface area (TPSA) is 48.0 Å². The van der Waals surface area contributed by atoms with Gasteiger partial charge in [0.2, 0.25) is 0 Å². The highest BCUT2D eigenvalue weighted by atomic mass is 16.5. The number of fused-ring (bicyclic) bond motifs is 1.